The summed E-state index contributed by atoms with van der Waals surface area (Å²) in [6, 6.07) is 6.20. The van der Waals surface area contributed by atoms with E-state index in [1.165, 1.54) is 17.0 Å². The predicted octanol–water partition coefficient (Wildman–Crippen LogP) is 2.22. The highest BCUT2D eigenvalue weighted by molar-refractivity contribution is 7.20. The maximum atomic E-state index is 11.7. The number of piperazine rings is 1. The first kappa shape index (κ1) is 14.3. The van der Waals surface area contributed by atoms with Gasteiger partial charge in [-0.25, -0.2) is 9.78 Å². The Kier molecular flexibility index (Phi) is 4.07. The molecule has 3 rings (SSSR count). The van der Waals surface area contributed by atoms with Crippen LogP contribution in [0.3, 0.4) is 0 Å². The molecule has 1 saturated heterocycles. The van der Waals surface area contributed by atoms with Gasteiger partial charge in [-0.2, -0.15) is 0 Å². The van der Waals surface area contributed by atoms with E-state index < -0.39 is 0 Å². The van der Waals surface area contributed by atoms with Crippen LogP contribution in [0.1, 0.15) is 16.7 Å². The van der Waals surface area contributed by atoms with Crippen LogP contribution < -0.4 is 4.90 Å². The summed E-state index contributed by atoms with van der Waals surface area (Å²) in [6.07, 6.45) is 0. The first-order chi connectivity index (χ1) is 10.2. The number of esters is 1. The quantitative estimate of drug-likeness (QED) is 0.814. The van der Waals surface area contributed by atoms with E-state index in [-0.39, 0.29) is 5.97 Å². The van der Waals surface area contributed by atoms with Crippen molar-refractivity contribution in [1.82, 2.24) is 9.88 Å². The standard InChI is InChI=1S/C15H19N3O2S/c1-3-20-15(19)14-16-12-5-4-11(10-13(12)21-14)18-8-6-17(2)7-9-18/h4-5,10H,3,6-9H2,1-2H3. The first-order valence-electron chi connectivity index (χ1n) is 7.18. The summed E-state index contributed by atoms with van der Waals surface area (Å²) in [5.74, 6) is -0.333. The molecule has 0 amide bonds. The molecule has 0 bridgehead atoms. The van der Waals surface area contributed by atoms with E-state index in [0.29, 0.717) is 11.6 Å². The van der Waals surface area contributed by atoms with E-state index in [9.17, 15) is 4.79 Å². The second-order valence-electron chi connectivity index (χ2n) is 5.18. The van der Waals surface area contributed by atoms with Crippen LogP contribution in [-0.4, -0.2) is 55.7 Å². The van der Waals surface area contributed by atoms with Crippen molar-refractivity contribution >= 4 is 33.2 Å². The normalized spacial score (nSPS) is 16.4. The lowest BCUT2D eigenvalue weighted by atomic mass is 10.2. The number of benzene rings is 1. The molecule has 1 aliphatic rings. The summed E-state index contributed by atoms with van der Waals surface area (Å²) >= 11 is 1.40. The summed E-state index contributed by atoms with van der Waals surface area (Å²) < 4.78 is 6.05. The molecule has 2 heterocycles. The van der Waals surface area contributed by atoms with Gasteiger partial charge in [0.05, 0.1) is 16.8 Å². The number of likely N-dealkylation sites (N-methyl/N-ethyl adjacent to an activating group) is 1. The van der Waals surface area contributed by atoms with Crippen molar-refractivity contribution in [1.29, 1.82) is 0 Å². The third-order valence-electron chi connectivity index (χ3n) is 3.69. The maximum Gasteiger partial charge on any atom is 0.367 e. The van der Waals surface area contributed by atoms with E-state index in [2.05, 4.69) is 34.0 Å². The van der Waals surface area contributed by atoms with Crippen molar-refractivity contribution in [2.75, 3.05) is 44.7 Å². The van der Waals surface area contributed by atoms with Crippen molar-refractivity contribution in [2.24, 2.45) is 0 Å². The molecule has 0 spiro atoms. The number of carbonyl (C=O) groups is 1. The smallest absolute Gasteiger partial charge is 0.367 e. The van der Waals surface area contributed by atoms with Gasteiger partial charge in [0.2, 0.25) is 5.01 Å². The van der Waals surface area contributed by atoms with Crippen LogP contribution in [0.15, 0.2) is 18.2 Å². The van der Waals surface area contributed by atoms with E-state index >= 15 is 0 Å². The van der Waals surface area contributed by atoms with Gasteiger partial charge in [0.1, 0.15) is 0 Å². The summed E-state index contributed by atoms with van der Waals surface area (Å²) in [5.41, 5.74) is 2.07. The first-order valence-corrected chi connectivity index (χ1v) is 8.00. The van der Waals surface area contributed by atoms with Gasteiger partial charge in [-0.05, 0) is 32.2 Å². The van der Waals surface area contributed by atoms with Crippen LogP contribution >= 0.6 is 11.3 Å². The third kappa shape index (κ3) is 3.01. The van der Waals surface area contributed by atoms with Crippen LogP contribution in [0.5, 0.6) is 0 Å². The number of thiazole rings is 1. The molecule has 0 unspecified atom stereocenters. The summed E-state index contributed by atoms with van der Waals surface area (Å²) in [4.78, 5) is 20.8. The summed E-state index contributed by atoms with van der Waals surface area (Å²) in [6.45, 7) is 6.40. The van der Waals surface area contributed by atoms with E-state index in [0.717, 1.165) is 36.4 Å². The zero-order valence-corrected chi connectivity index (χ0v) is 13.2. The molecule has 5 nitrogen and oxygen atoms in total. The van der Waals surface area contributed by atoms with Gasteiger partial charge in [-0.15, -0.1) is 11.3 Å². The molecule has 21 heavy (non-hydrogen) atoms. The molecule has 0 N–H and O–H groups in total. The molecular formula is C15H19N3O2S. The molecule has 0 radical (unpaired) electrons. The van der Waals surface area contributed by atoms with Gasteiger partial charge in [0, 0.05) is 31.9 Å². The maximum absolute atomic E-state index is 11.7. The Balaban J connectivity index is 1.84. The zero-order chi connectivity index (χ0) is 14.8. The SMILES string of the molecule is CCOC(=O)c1nc2ccc(N3CCN(C)CC3)cc2s1. The Morgan fingerprint density at radius 1 is 1.33 bits per heavy atom. The number of aromatic nitrogens is 1. The van der Waals surface area contributed by atoms with Crippen molar-refractivity contribution in [2.45, 2.75) is 6.92 Å². The molecule has 0 atom stereocenters. The van der Waals surface area contributed by atoms with Gasteiger partial charge in [-0.1, -0.05) is 0 Å². The van der Waals surface area contributed by atoms with Gasteiger partial charge >= 0.3 is 5.97 Å². The molecule has 2 aromatic rings. The highest BCUT2D eigenvalue weighted by Gasteiger charge is 2.17. The zero-order valence-electron chi connectivity index (χ0n) is 12.3. The topological polar surface area (TPSA) is 45.7 Å². The number of nitrogens with zero attached hydrogens (tertiary/aromatic N) is 3. The molecule has 6 heteroatoms. The largest absolute Gasteiger partial charge is 0.461 e. The fraction of sp³-hybridized carbons (Fsp3) is 0.467. The van der Waals surface area contributed by atoms with Gasteiger partial charge in [0.25, 0.3) is 0 Å². The Labute approximate surface area is 128 Å². The van der Waals surface area contributed by atoms with Gasteiger partial charge < -0.3 is 14.5 Å². The molecular weight excluding hydrogens is 286 g/mol. The van der Waals surface area contributed by atoms with Crippen molar-refractivity contribution < 1.29 is 9.53 Å². The Morgan fingerprint density at radius 3 is 2.81 bits per heavy atom. The molecule has 1 aliphatic heterocycles. The lowest BCUT2D eigenvalue weighted by Crippen LogP contribution is -2.44. The second-order valence-corrected chi connectivity index (χ2v) is 6.21. The molecule has 0 saturated carbocycles. The van der Waals surface area contributed by atoms with E-state index in [4.69, 9.17) is 4.74 Å². The van der Waals surface area contributed by atoms with Crippen LogP contribution in [0.2, 0.25) is 0 Å². The lowest BCUT2D eigenvalue weighted by molar-refractivity contribution is 0.0526. The monoisotopic (exact) mass is 305 g/mol. The highest BCUT2D eigenvalue weighted by atomic mass is 32.1. The van der Waals surface area contributed by atoms with E-state index in [1.807, 2.05) is 6.07 Å². The van der Waals surface area contributed by atoms with Crippen LogP contribution in [0.4, 0.5) is 5.69 Å². The average Bonchev–Trinajstić information content (AvgIpc) is 2.91. The molecule has 1 aromatic heterocycles. The van der Waals surface area contributed by atoms with Crippen molar-refractivity contribution in [3.63, 3.8) is 0 Å². The Hall–Kier alpha value is -1.66. The molecule has 112 valence electrons. The second kappa shape index (κ2) is 5.99. The van der Waals surface area contributed by atoms with Crippen LogP contribution in [0, 0.1) is 0 Å². The molecule has 1 aromatic carbocycles. The van der Waals surface area contributed by atoms with Gasteiger partial charge in [0.15, 0.2) is 0 Å². The minimum absolute atomic E-state index is 0.333. The van der Waals surface area contributed by atoms with Gasteiger partial charge in [-0.3, -0.25) is 0 Å². The minimum atomic E-state index is -0.333. The fourth-order valence-corrected chi connectivity index (χ4v) is 3.35. The number of anilines is 1. The van der Waals surface area contributed by atoms with Crippen LogP contribution in [-0.2, 0) is 4.74 Å². The molecule has 1 fully saturated rings. The number of hydrogen-bond acceptors (Lipinski definition) is 6. The number of carbonyl (C=O) groups excluding carboxylic acids is 1. The number of hydrogen-bond donors (Lipinski definition) is 0. The Bertz CT molecular complexity index is 647. The molecule has 0 aliphatic carbocycles. The van der Waals surface area contributed by atoms with Crippen molar-refractivity contribution in [3.8, 4) is 0 Å². The minimum Gasteiger partial charge on any atom is -0.461 e. The summed E-state index contributed by atoms with van der Waals surface area (Å²) in [5, 5.41) is 0.433. The highest BCUT2D eigenvalue weighted by Crippen LogP contribution is 2.28. The number of rotatable bonds is 3. The van der Waals surface area contributed by atoms with Crippen LogP contribution in [0.25, 0.3) is 10.2 Å². The number of ether oxygens (including phenoxy) is 1. The predicted molar refractivity (Wildman–Crippen MR) is 85.3 cm³/mol. The summed E-state index contributed by atoms with van der Waals surface area (Å²) in [7, 11) is 2.15. The van der Waals surface area contributed by atoms with Crippen molar-refractivity contribution in [3.05, 3.63) is 23.2 Å². The Morgan fingerprint density at radius 2 is 2.10 bits per heavy atom. The van der Waals surface area contributed by atoms with E-state index in [1.54, 1.807) is 6.92 Å². The lowest BCUT2D eigenvalue weighted by Gasteiger charge is -2.34. The fourth-order valence-electron chi connectivity index (χ4n) is 2.45. The average molecular weight is 305 g/mol. The number of fused-ring (bicyclic) bond motifs is 1. The third-order valence-corrected chi connectivity index (χ3v) is 4.69.